The van der Waals surface area contributed by atoms with Gasteiger partial charge in [-0.05, 0) is 25.0 Å². The molecule has 1 aromatic rings. The molecule has 2 fully saturated rings. The highest BCUT2D eigenvalue weighted by molar-refractivity contribution is 6.04. The topological polar surface area (TPSA) is 58.6 Å². The molecule has 2 amide bonds. The first kappa shape index (κ1) is 14.1. The van der Waals surface area contributed by atoms with Crippen molar-refractivity contribution in [2.45, 2.75) is 19.3 Å². The summed E-state index contributed by atoms with van der Waals surface area (Å²) in [5.74, 6) is 0.0998. The van der Waals surface area contributed by atoms with Crippen molar-refractivity contribution in [3.8, 4) is 0 Å². The van der Waals surface area contributed by atoms with Gasteiger partial charge < -0.3 is 15.0 Å². The summed E-state index contributed by atoms with van der Waals surface area (Å²) in [4.78, 5) is 26.4. The number of nitrogens with one attached hydrogen (secondary N) is 1. The molecule has 0 bridgehead atoms. The second-order valence-electron chi connectivity index (χ2n) is 5.57. The zero-order valence-corrected chi connectivity index (χ0v) is 12.0. The first-order valence-corrected chi connectivity index (χ1v) is 7.52. The number of morpholine rings is 1. The fourth-order valence-electron chi connectivity index (χ4n) is 2.62. The molecule has 5 heteroatoms. The second-order valence-corrected chi connectivity index (χ2v) is 5.57. The van der Waals surface area contributed by atoms with E-state index in [-0.39, 0.29) is 17.7 Å². The standard InChI is InChI=1S/C16H20N2O3/c19-15(12-4-3-5-12)17-14-7-2-1-6-13(14)16(20)18-8-10-21-11-9-18/h1-2,6-7,12H,3-5,8-11H2,(H,17,19). The Labute approximate surface area is 124 Å². The Morgan fingerprint density at radius 2 is 1.86 bits per heavy atom. The molecule has 0 atom stereocenters. The summed E-state index contributed by atoms with van der Waals surface area (Å²) in [6, 6.07) is 7.23. The number of hydrogen-bond donors (Lipinski definition) is 1. The van der Waals surface area contributed by atoms with Crippen LogP contribution in [0.5, 0.6) is 0 Å². The van der Waals surface area contributed by atoms with Crippen LogP contribution in [0, 0.1) is 5.92 Å². The zero-order valence-electron chi connectivity index (χ0n) is 12.0. The maximum atomic E-state index is 12.6. The van der Waals surface area contributed by atoms with E-state index in [0.717, 1.165) is 19.3 Å². The Balaban J connectivity index is 1.74. The summed E-state index contributed by atoms with van der Waals surface area (Å²) in [6.07, 6.45) is 3.02. The molecule has 0 aromatic heterocycles. The highest BCUT2D eigenvalue weighted by atomic mass is 16.5. The molecule has 3 rings (SSSR count). The molecular weight excluding hydrogens is 268 g/mol. The van der Waals surface area contributed by atoms with Gasteiger partial charge in [0.15, 0.2) is 0 Å². The van der Waals surface area contributed by atoms with Crippen LogP contribution in [0.2, 0.25) is 0 Å². The number of carbonyl (C=O) groups excluding carboxylic acids is 2. The van der Waals surface area contributed by atoms with Crippen LogP contribution in [-0.4, -0.2) is 43.0 Å². The van der Waals surface area contributed by atoms with Gasteiger partial charge in [0.05, 0.1) is 24.5 Å². The minimum atomic E-state index is -0.0391. The Morgan fingerprint density at radius 1 is 1.14 bits per heavy atom. The van der Waals surface area contributed by atoms with Crippen LogP contribution in [-0.2, 0) is 9.53 Å². The molecule has 5 nitrogen and oxygen atoms in total. The van der Waals surface area contributed by atoms with Crippen molar-refractivity contribution in [2.24, 2.45) is 5.92 Å². The lowest BCUT2D eigenvalue weighted by atomic mass is 9.85. The Bertz CT molecular complexity index is 534. The first-order valence-electron chi connectivity index (χ1n) is 7.52. The highest BCUT2D eigenvalue weighted by Crippen LogP contribution is 2.28. The third-order valence-electron chi connectivity index (χ3n) is 4.19. The average molecular weight is 288 g/mol. The summed E-state index contributed by atoms with van der Waals surface area (Å²) in [7, 11) is 0. The van der Waals surface area contributed by atoms with E-state index in [1.807, 2.05) is 12.1 Å². The Hall–Kier alpha value is -1.88. The average Bonchev–Trinajstić information content (AvgIpc) is 2.46. The van der Waals surface area contributed by atoms with Gasteiger partial charge in [-0.3, -0.25) is 9.59 Å². The van der Waals surface area contributed by atoms with Crippen molar-refractivity contribution < 1.29 is 14.3 Å². The van der Waals surface area contributed by atoms with Crippen LogP contribution >= 0.6 is 0 Å². The van der Waals surface area contributed by atoms with E-state index < -0.39 is 0 Å². The fourth-order valence-corrected chi connectivity index (χ4v) is 2.62. The number of amides is 2. The smallest absolute Gasteiger partial charge is 0.256 e. The SMILES string of the molecule is O=C(Nc1ccccc1C(=O)N1CCOCC1)C1CCC1. The number of hydrogen-bond acceptors (Lipinski definition) is 3. The second kappa shape index (κ2) is 6.26. The molecule has 2 aliphatic rings. The van der Waals surface area contributed by atoms with Crippen LogP contribution in [0.3, 0.4) is 0 Å². The molecule has 0 unspecified atom stereocenters. The van der Waals surface area contributed by atoms with Gasteiger partial charge in [0.25, 0.3) is 5.91 Å². The molecule has 21 heavy (non-hydrogen) atoms. The van der Waals surface area contributed by atoms with Crippen molar-refractivity contribution in [1.29, 1.82) is 0 Å². The number of benzene rings is 1. The molecule has 1 saturated carbocycles. The molecule has 0 spiro atoms. The van der Waals surface area contributed by atoms with Crippen molar-refractivity contribution >= 4 is 17.5 Å². The number of rotatable bonds is 3. The van der Waals surface area contributed by atoms with Gasteiger partial charge in [0, 0.05) is 19.0 Å². The molecule has 112 valence electrons. The van der Waals surface area contributed by atoms with Crippen LogP contribution in [0.1, 0.15) is 29.6 Å². The number of anilines is 1. The quantitative estimate of drug-likeness (QED) is 0.924. The number of para-hydroxylation sites is 1. The summed E-state index contributed by atoms with van der Waals surface area (Å²) >= 11 is 0. The van der Waals surface area contributed by atoms with E-state index in [1.54, 1.807) is 17.0 Å². The van der Waals surface area contributed by atoms with Gasteiger partial charge >= 0.3 is 0 Å². The van der Waals surface area contributed by atoms with E-state index in [0.29, 0.717) is 37.6 Å². The van der Waals surface area contributed by atoms with Gasteiger partial charge in [0.2, 0.25) is 5.91 Å². The predicted octanol–water partition coefficient (Wildman–Crippen LogP) is 1.90. The van der Waals surface area contributed by atoms with Gasteiger partial charge in [-0.1, -0.05) is 18.6 Å². The van der Waals surface area contributed by atoms with Crippen molar-refractivity contribution in [3.63, 3.8) is 0 Å². The van der Waals surface area contributed by atoms with E-state index in [4.69, 9.17) is 4.74 Å². The van der Waals surface area contributed by atoms with Gasteiger partial charge in [-0.25, -0.2) is 0 Å². The van der Waals surface area contributed by atoms with Crippen LogP contribution in [0.4, 0.5) is 5.69 Å². The molecule has 1 N–H and O–H groups in total. The van der Waals surface area contributed by atoms with Crippen LogP contribution in [0.25, 0.3) is 0 Å². The summed E-state index contributed by atoms with van der Waals surface area (Å²) < 4.78 is 5.27. The van der Waals surface area contributed by atoms with Gasteiger partial charge in [0.1, 0.15) is 0 Å². The minimum absolute atomic E-state index is 0.0310. The largest absolute Gasteiger partial charge is 0.378 e. The number of carbonyl (C=O) groups is 2. The fraction of sp³-hybridized carbons (Fsp3) is 0.500. The minimum Gasteiger partial charge on any atom is -0.378 e. The molecule has 1 aromatic carbocycles. The monoisotopic (exact) mass is 288 g/mol. The summed E-state index contributed by atoms with van der Waals surface area (Å²) in [5.41, 5.74) is 1.18. The molecular formula is C16H20N2O3. The van der Waals surface area contributed by atoms with E-state index >= 15 is 0 Å². The van der Waals surface area contributed by atoms with E-state index in [9.17, 15) is 9.59 Å². The lowest BCUT2D eigenvalue weighted by molar-refractivity contribution is -0.122. The van der Waals surface area contributed by atoms with E-state index in [1.165, 1.54) is 0 Å². The van der Waals surface area contributed by atoms with Crippen molar-refractivity contribution in [1.82, 2.24) is 4.90 Å². The Kier molecular flexibility index (Phi) is 4.20. The lowest BCUT2D eigenvalue weighted by Crippen LogP contribution is -2.41. The zero-order chi connectivity index (χ0) is 14.7. The van der Waals surface area contributed by atoms with Crippen molar-refractivity contribution in [3.05, 3.63) is 29.8 Å². The third kappa shape index (κ3) is 3.08. The molecule has 1 aliphatic carbocycles. The molecule has 0 radical (unpaired) electrons. The molecule has 1 aliphatic heterocycles. The maximum Gasteiger partial charge on any atom is 0.256 e. The van der Waals surface area contributed by atoms with Crippen LogP contribution < -0.4 is 5.32 Å². The first-order chi connectivity index (χ1) is 10.3. The van der Waals surface area contributed by atoms with Crippen LogP contribution in [0.15, 0.2) is 24.3 Å². The van der Waals surface area contributed by atoms with Gasteiger partial charge in [-0.15, -0.1) is 0 Å². The normalized spacial score (nSPS) is 19.0. The lowest BCUT2D eigenvalue weighted by Gasteiger charge is -2.28. The molecule has 1 saturated heterocycles. The number of ether oxygens (including phenoxy) is 1. The highest BCUT2D eigenvalue weighted by Gasteiger charge is 2.27. The predicted molar refractivity (Wildman–Crippen MR) is 79.1 cm³/mol. The molecule has 1 heterocycles. The summed E-state index contributed by atoms with van der Waals surface area (Å²) in [6.45, 7) is 2.35. The third-order valence-corrected chi connectivity index (χ3v) is 4.19. The van der Waals surface area contributed by atoms with Gasteiger partial charge in [-0.2, -0.15) is 0 Å². The summed E-state index contributed by atoms with van der Waals surface area (Å²) in [5, 5.41) is 2.91. The number of nitrogens with zero attached hydrogens (tertiary/aromatic N) is 1. The maximum absolute atomic E-state index is 12.6. The Morgan fingerprint density at radius 3 is 2.52 bits per heavy atom. The van der Waals surface area contributed by atoms with Crippen molar-refractivity contribution in [2.75, 3.05) is 31.6 Å². The van der Waals surface area contributed by atoms with E-state index in [2.05, 4.69) is 5.32 Å².